The third kappa shape index (κ3) is 5.18. The molecule has 1 heterocycles. The van der Waals surface area contributed by atoms with E-state index in [4.69, 9.17) is 23.2 Å². The zero-order chi connectivity index (χ0) is 16.9. The van der Waals surface area contributed by atoms with Gasteiger partial charge in [-0.25, -0.2) is 13.1 Å². The second kappa shape index (κ2) is 7.74. The number of sulfonamides is 1. The van der Waals surface area contributed by atoms with Crippen molar-refractivity contribution in [2.75, 3.05) is 6.54 Å². The average Bonchev–Trinajstić information content (AvgIpc) is 2.54. The highest BCUT2D eigenvalue weighted by Gasteiger charge is 2.16. The summed E-state index contributed by atoms with van der Waals surface area (Å²) in [6, 6.07) is 7.41. The lowest BCUT2D eigenvalue weighted by Gasteiger charge is -2.08. The van der Waals surface area contributed by atoms with Crippen LogP contribution in [0.25, 0.3) is 0 Å². The molecule has 0 aliphatic rings. The summed E-state index contributed by atoms with van der Waals surface area (Å²) in [5.41, 5.74) is 0.862. The average molecular weight is 374 g/mol. The zero-order valence-corrected chi connectivity index (χ0v) is 14.1. The van der Waals surface area contributed by atoms with Crippen LogP contribution < -0.4 is 10.0 Å². The van der Waals surface area contributed by atoms with Crippen molar-refractivity contribution in [3.8, 4) is 0 Å². The monoisotopic (exact) mass is 373 g/mol. The Labute approximate surface area is 143 Å². The second-order valence-corrected chi connectivity index (χ2v) is 7.11. The summed E-state index contributed by atoms with van der Waals surface area (Å²) in [5, 5.41) is 2.98. The predicted octanol–water partition coefficient (Wildman–Crippen LogP) is 1.98. The maximum atomic E-state index is 12.1. The Morgan fingerprint density at radius 2 is 1.78 bits per heavy atom. The van der Waals surface area contributed by atoms with E-state index in [1.165, 1.54) is 18.2 Å². The zero-order valence-electron chi connectivity index (χ0n) is 11.8. The molecule has 1 amide bonds. The molecule has 0 spiro atoms. The maximum absolute atomic E-state index is 12.1. The Hall–Kier alpha value is -1.67. The van der Waals surface area contributed by atoms with Crippen LogP contribution >= 0.6 is 23.2 Å². The number of carbonyl (C=O) groups is 1. The van der Waals surface area contributed by atoms with E-state index < -0.39 is 15.9 Å². The molecule has 1 aromatic carbocycles. The summed E-state index contributed by atoms with van der Waals surface area (Å²) < 4.78 is 26.4. The van der Waals surface area contributed by atoms with Crippen molar-refractivity contribution in [1.82, 2.24) is 15.0 Å². The molecule has 122 valence electrons. The number of aromatic nitrogens is 1. The first-order valence-electron chi connectivity index (χ1n) is 6.49. The number of rotatable bonds is 6. The van der Waals surface area contributed by atoms with Gasteiger partial charge >= 0.3 is 0 Å². The minimum atomic E-state index is -3.84. The Bertz CT molecular complexity index is 798. The Balaban J connectivity index is 1.91. The predicted molar refractivity (Wildman–Crippen MR) is 87.7 cm³/mol. The molecule has 2 N–H and O–H groups in total. The first-order chi connectivity index (χ1) is 10.9. The second-order valence-electron chi connectivity index (χ2n) is 4.53. The number of benzene rings is 1. The lowest BCUT2D eigenvalue weighted by molar-refractivity contribution is -0.120. The van der Waals surface area contributed by atoms with Gasteiger partial charge in [-0.15, -0.1) is 0 Å². The summed E-state index contributed by atoms with van der Waals surface area (Å²) in [4.78, 5) is 15.5. The SMILES string of the molecule is O=C(CNS(=O)(=O)c1ccc(Cl)c(Cl)c1)NCc1ccncc1. The van der Waals surface area contributed by atoms with Crippen molar-refractivity contribution < 1.29 is 13.2 Å². The Kier molecular flexibility index (Phi) is 5.95. The normalized spacial score (nSPS) is 11.2. The van der Waals surface area contributed by atoms with Crippen LogP contribution in [0.1, 0.15) is 5.56 Å². The van der Waals surface area contributed by atoms with Crippen molar-refractivity contribution >= 4 is 39.1 Å². The van der Waals surface area contributed by atoms with Gasteiger partial charge in [0, 0.05) is 18.9 Å². The van der Waals surface area contributed by atoms with Gasteiger partial charge in [0.15, 0.2) is 0 Å². The topological polar surface area (TPSA) is 88.2 Å². The van der Waals surface area contributed by atoms with E-state index in [0.29, 0.717) is 0 Å². The summed E-state index contributed by atoms with van der Waals surface area (Å²) >= 11 is 11.5. The number of nitrogens with zero attached hydrogens (tertiary/aromatic N) is 1. The highest BCUT2D eigenvalue weighted by molar-refractivity contribution is 7.89. The van der Waals surface area contributed by atoms with Gasteiger partial charge in [-0.2, -0.15) is 0 Å². The molecule has 0 unspecified atom stereocenters. The van der Waals surface area contributed by atoms with Crippen molar-refractivity contribution in [3.05, 3.63) is 58.3 Å². The van der Waals surface area contributed by atoms with E-state index in [1.807, 2.05) is 0 Å². The van der Waals surface area contributed by atoms with Crippen molar-refractivity contribution in [3.63, 3.8) is 0 Å². The fourth-order valence-corrected chi connectivity index (χ4v) is 3.02. The van der Waals surface area contributed by atoms with Crippen molar-refractivity contribution in [1.29, 1.82) is 0 Å². The minimum absolute atomic E-state index is 0.0613. The smallest absolute Gasteiger partial charge is 0.241 e. The van der Waals surface area contributed by atoms with Crippen LogP contribution in [0.3, 0.4) is 0 Å². The van der Waals surface area contributed by atoms with E-state index in [1.54, 1.807) is 24.5 Å². The van der Waals surface area contributed by atoms with Crippen molar-refractivity contribution in [2.45, 2.75) is 11.4 Å². The molecule has 0 saturated carbocycles. The summed E-state index contributed by atoms with van der Waals surface area (Å²) in [7, 11) is -3.84. The molecule has 0 fully saturated rings. The van der Waals surface area contributed by atoms with Gasteiger partial charge in [0.2, 0.25) is 15.9 Å². The van der Waals surface area contributed by atoms with Gasteiger partial charge in [-0.3, -0.25) is 9.78 Å². The fourth-order valence-electron chi connectivity index (χ4n) is 1.65. The number of hydrogen-bond acceptors (Lipinski definition) is 4. The third-order valence-corrected chi connectivity index (χ3v) is 5.00. The first-order valence-corrected chi connectivity index (χ1v) is 8.73. The minimum Gasteiger partial charge on any atom is -0.351 e. The van der Waals surface area contributed by atoms with Gasteiger partial charge in [0.1, 0.15) is 0 Å². The molecule has 1 aromatic heterocycles. The highest BCUT2D eigenvalue weighted by atomic mass is 35.5. The largest absolute Gasteiger partial charge is 0.351 e. The number of hydrogen-bond donors (Lipinski definition) is 2. The third-order valence-electron chi connectivity index (χ3n) is 2.86. The van der Waals surface area contributed by atoms with Crippen LogP contribution in [0, 0.1) is 0 Å². The quantitative estimate of drug-likeness (QED) is 0.810. The Morgan fingerprint density at radius 3 is 2.43 bits per heavy atom. The molecule has 0 aliphatic carbocycles. The molecule has 0 saturated heterocycles. The summed E-state index contributed by atoms with van der Waals surface area (Å²) in [6.07, 6.45) is 3.21. The lowest BCUT2D eigenvalue weighted by Crippen LogP contribution is -2.36. The molecule has 0 atom stereocenters. The molecule has 0 aliphatic heterocycles. The van der Waals surface area contributed by atoms with Gasteiger partial charge in [0.25, 0.3) is 0 Å². The standard InChI is InChI=1S/C14H13Cl2N3O3S/c15-12-2-1-11(7-13(12)16)23(21,22)19-9-14(20)18-8-10-3-5-17-6-4-10/h1-7,19H,8-9H2,(H,18,20). The fraction of sp³-hybridized carbons (Fsp3) is 0.143. The van der Waals surface area contributed by atoms with Crippen LogP contribution in [0.5, 0.6) is 0 Å². The van der Waals surface area contributed by atoms with E-state index in [-0.39, 0.29) is 28.0 Å². The van der Waals surface area contributed by atoms with E-state index >= 15 is 0 Å². The molecule has 6 nitrogen and oxygen atoms in total. The molecule has 2 rings (SSSR count). The molecule has 2 aromatic rings. The lowest BCUT2D eigenvalue weighted by atomic mass is 10.3. The van der Waals surface area contributed by atoms with Crippen molar-refractivity contribution in [2.24, 2.45) is 0 Å². The van der Waals surface area contributed by atoms with Gasteiger partial charge in [-0.1, -0.05) is 23.2 Å². The number of halogens is 2. The van der Waals surface area contributed by atoms with Crippen LogP contribution in [-0.4, -0.2) is 25.9 Å². The van der Waals surface area contributed by atoms with E-state index in [9.17, 15) is 13.2 Å². The van der Waals surface area contributed by atoms with Crippen LogP contribution in [0.2, 0.25) is 10.0 Å². The first kappa shape index (κ1) is 17.7. The number of carbonyl (C=O) groups excluding carboxylic acids is 1. The van der Waals surface area contributed by atoms with Gasteiger partial charge in [-0.05, 0) is 35.9 Å². The van der Waals surface area contributed by atoms with Crippen LogP contribution in [0.4, 0.5) is 0 Å². The van der Waals surface area contributed by atoms with Crippen LogP contribution in [-0.2, 0) is 21.4 Å². The molecule has 0 bridgehead atoms. The molecule has 9 heteroatoms. The number of nitrogens with one attached hydrogen (secondary N) is 2. The highest BCUT2D eigenvalue weighted by Crippen LogP contribution is 2.24. The van der Waals surface area contributed by atoms with Crippen LogP contribution in [0.15, 0.2) is 47.6 Å². The number of pyridine rings is 1. The van der Waals surface area contributed by atoms with E-state index in [2.05, 4.69) is 15.0 Å². The summed E-state index contributed by atoms with van der Waals surface area (Å²) in [6.45, 7) is -0.0937. The van der Waals surface area contributed by atoms with E-state index in [0.717, 1.165) is 5.56 Å². The van der Waals surface area contributed by atoms with Gasteiger partial charge in [0.05, 0.1) is 21.5 Å². The molecular formula is C14H13Cl2N3O3S. The molecule has 23 heavy (non-hydrogen) atoms. The summed E-state index contributed by atoms with van der Waals surface area (Å²) in [5.74, 6) is -0.453. The maximum Gasteiger partial charge on any atom is 0.241 e. The van der Waals surface area contributed by atoms with Gasteiger partial charge < -0.3 is 5.32 Å². The Morgan fingerprint density at radius 1 is 1.09 bits per heavy atom. The molecular weight excluding hydrogens is 361 g/mol. The number of amides is 1. The molecule has 0 radical (unpaired) electrons.